The van der Waals surface area contributed by atoms with E-state index in [1.807, 2.05) is 26.2 Å². The van der Waals surface area contributed by atoms with Crippen LogP contribution in [0.25, 0.3) is 0 Å². The zero-order valence-corrected chi connectivity index (χ0v) is 19.0. The number of amides is 1. The van der Waals surface area contributed by atoms with Gasteiger partial charge in [0, 0.05) is 24.7 Å². The SMILES string of the molecule is Cc1cc(C)cc(C(=O)N(C)[C@H]([C]=O)Cc2ccc(NS(=O)(=O)c3ccccc3)cc2)c1. The van der Waals surface area contributed by atoms with Crippen LogP contribution in [0.2, 0.25) is 0 Å². The summed E-state index contributed by atoms with van der Waals surface area (Å²) >= 11 is 0. The number of rotatable bonds is 8. The van der Waals surface area contributed by atoms with Crippen LogP contribution >= 0.6 is 0 Å². The smallest absolute Gasteiger partial charge is 0.261 e. The third kappa shape index (κ3) is 5.62. The molecule has 3 aromatic carbocycles. The van der Waals surface area contributed by atoms with E-state index < -0.39 is 16.1 Å². The molecule has 0 aromatic heterocycles. The monoisotopic (exact) mass is 449 g/mol. The van der Waals surface area contributed by atoms with E-state index in [0.717, 1.165) is 16.7 Å². The molecule has 0 aliphatic rings. The summed E-state index contributed by atoms with van der Waals surface area (Å²) in [4.78, 5) is 26.0. The number of likely N-dealkylation sites (N-methyl/N-ethyl adjacent to an activating group) is 1. The lowest BCUT2D eigenvalue weighted by atomic mass is 10.0. The van der Waals surface area contributed by atoms with Gasteiger partial charge in [-0.1, -0.05) is 47.5 Å². The van der Waals surface area contributed by atoms with Gasteiger partial charge in [-0.2, -0.15) is 0 Å². The predicted molar refractivity (Wildman–Crippen MR) is 125 cm³/mol. The molecule has 6 nitrogen and oxygen atoms in total. The van der Waals surface area contributed by atoms with Gasteiger partial charge in [-0.25, -0.2) is 8.42 Å². The fraction of sp³-hybridized carbons (Fsp3) is 0.200. The molecule has 0 spiro atoms. The maximum Gasteiger partial charge on any atom is 0.261 e. The molecule has 165 valence electrons. The number of hydrogen-bond acceptors (Lipinski definition) is 4. The van der Waals surface area contributed by atoms with Crippen molar-refractivity contribution < 1.29 is 18.0 Å². The molecule has 0 saturated carbocycles. The Morgan fingerprint density at radius 3 is 2.12 bits per heavy atom. The number of benzene rings is 3. The average Bonchev–Trinajstić information content (AvgIpc) is 2.77. The van der Waals surface area contributed by atoms with Gasteiger partial charge in [0.05, 0.1) is 4.90 Å². The van der Waals surface area contributed by atoms with Crippen molar-refractivity contribution in [3.05, 3.63) is 95.1 Å². The molecule has 7 heteroatoms. The number of nitrogens with zero attached hydrogens (tertiary/aromatic N) is 1. The molecular formula is C25H25N2O4S. The van der Waals surface area contributed by atoms with Crippen molar-refractivity contribution in [3.8, 4) is 0 Å². The summed E-state index contributed by atoms with van der Waals surface area (Å²) in [5, 5.41) is 0. The third-order valence-electron chi connectivity index (χ3n) is 5.08. The summed E-state index contributed by atoms with van der Waals surface area (Å²) < 4.78 is 27.4. The van der Waals surface area contributed by atoms with Crippen LogP contribution in [-0.2, 0) is 21.2 Å². The fourth-order valence-electron chi connectivity index (χ4n) is 3.45. The fourth-order valence-corrected chi connectivity index (χ4v) is 4.53. The molecule has 0 bridgehead atoms. The van der Waals surface area contributed by atoms with Gasteiger partial charge in [-0.3, -0.25) is 14.3 Å². The lowest BCUT2D eigenvalue weighted by Crippen LogP contribution is -2.39. The van der Waals surface area contributed by atoms with Crippen molar-refractivity contribution in [3.63, 3.8) is 0 Å². The van der Waals surface area contributed by atoms with Gasteiger partial charge in [0.1, 0.15) is 6.04 Å². The third-order valence-corrected chi connectivity index (χ3v) is 6.48. The molecule has 1 radical (unpaired) electrons. The first kappa shape index (κ1) is 23.2. The Kier molecular flexibility index (Phi) is 7.10. The Balaban J connectivity index is 1.70. The molecule has 0 unspecified atom stereocenters. The lowest BCUT2D eigenvalue weighted by molar-refractivity contribution is 0.0768. The maximum atomic E-state index is 12.9. The Bertz CT molecular complexity index is 1190. The first-order chi connectivity index (χ1) is 15.2. The van der Waals surface area contributed by atoms with Crippen LogP contribution in [-0.4, -0.2) is 38.6 Å². The van der Waals surface area contributed by atoms with E-state index in [2.05, 4.69) is 4.72 Å². The van der Waals surface area contributed by atoms with Gasteiger partial charge in [0.25, 0.3) is 15.9 Å². The van der Waals surface area contributed by atoms with Gasteiger partial charge in [0.2, 0.25) is 6.29 Å². The van der Waals surface area contributed by atoms with Crippen LogP contribution in [0.3, 0.4) is 0 Å². The normalized spacial score (nSPS) is 12.1. The van der Waals surface area contributed by atoms with Crippen molar-refractivity contribution in [1.29, 1.82) is 0 Å². The van der Waals surface area contributed by atoms with E-state index in [-0.39, 0.29) is 17.2 Å². The summed E-state index contributed by atoms with van der Waals surface area (Å²) in [6.07, 6.45) is 2.21. The van der Waals surface area contributed by atoms with Gasteiger partial charge in [-0.15, -0.1) is 0 Å². The minimum Gasteiger partial charge on any atom is -0.331 e. The Morgan fingerprint density at radius 1 is 0.969 bits per heavy atom. The maximum absolute atomic E-state index is 12.9. The van der Waals surface area contributed by atoms with Crippen LogP contribution in [0.4, 0.5) is 5.69 Å². The van der Waals surface area contributed by atoms with Gasteiger partial charge in [0.15, 0.2) is 0 Å². The highest BCUT2D eigenvalue weighted by atomic mass is 32.2. The number of hydrogen-bond donors (Lipinski definition) is 1. The average molecular weight is 450 g/mol. The van der Waals surface area contributed by atoms with E-state index in [0.29, 0.717) is 11.3 Å². The summed E-state index contributed by atoms with van der Waals surface area (Å²) in [7, 11) is -2.10. The Labute approximate surface area is 188 Å². The highest BCUT2D eigenvalue weighted by Gasteiger charge is 2.22. The number of nitrogens with one attached hydrogen (secondary N) is 1. The van der Waals surface area contributed by atoms with Crippen molar-refractivity contribution in [1.82, 2.24) is 4.90 Å². The molecular weight excluding hydrogens is 424 g/mol. The molecule has 0 fully saturated rings. The molecule has 1 N–H and O–H groups in total. The number of carbonyl (C=O) groups is 1. The van der Waals surface area contributed by atoms with Crippen molar-refractivity contribution in [2.24, 2.45) is 0 Å². The van der Waals surface area contributed by atoms with Gasteiger partial charge < -0.3 is 4.90 Å². The molecule has 1 amide bonds. The second kappa shape index (κ2) is 9.78. The number of aryl methyl sites for hydroxylation is 2. The summed E-state index contributed by atoms with van der Waals surface area (Å²) in [6, 6.07) is 19.6. The topological polar surface area (TPSA) is 83.6 Å². The molecule has 0 saturated heterocycles. The molecule has 3 aromatic rings. The largest absolute Gasteiger partial charge is 0.331 e. The van der Waals surface area contributed by atoms with E-state index in [9.17, 15) is 18.0 Å². The van der Waals surface area contributed by atoms with Gasteiger partial charge in [-0.05, 0) is 55.8 Å². The summed E-state index contributed by atoms with van der Waals surface area (Å²) in [6.45, 7) is 3.83. The van der Waals surface area contributed by atoms with E-state index in [1.165, 1.54) is 17.0 Å². The predicted octanol–water partition coefficient (Wildman–Crippen LogP) is 3.90. The zero-order valence-electron chi connectivity index (χ0n) is 18.2. The molecule has 0 aliphatic carbocycles. The highest BCUT2D eigenvalue weighted by Crippen LogP contribution is 2.18. The lowest BCUT2D eigenvalue weighted by Gasteiger charge is -2.24. The first-order valence-corrected chi connectivity index (χ1v) is 11.6. The Hall–Kier alpha value is -3.45. The molecule has 32 heavy (non-hydrogen) atoms. The van der Waals surface area contributed by atoms with Crippen LogP contribution in [0.1, 0.15) is 27.0 Å². The second-order valence-corrected chi connectivity index (χ2v) is 9.43. The van der Waals surface area contributed by atoms with Crippen molar-refractivity contribution >= 4 is 27.9 Å². The summed E-state index contributed by atoms with van der Waals surface area (Å²) in [5.74, 6) is -0.252. The minimum absolute atomic E-state index is 0.172. The summed E-state index contributed by atoms with van der Waals surface area (Å²) in [5.41, 5.74) is 3.66. The molecule has 0 aliphatic heterocycles. The highest BCUT2D eigenvalue weighted by molar-refractivity contribution is 7.92. The van der Waals surface area contributed by atoms with E-state index >= 15 is 0 Å². The van der Waals surface area contributed by atoms with Crippen molar-refractivity contribution in [2.75, 3.05) is 11.8 Å². The first-order valence-electron chi connectivity index (χ1n) is 10.1. The number of sulfonamides is 1. The number of anilines is 1. The van der Waals surface area contributed by atoms with E-state index in [4.69, 9.17) is 0 Å². The second-order valence-electron chi connectivity index (χ2n) is 7.75. The molecule has 3 rings (SSSR count). The van der Waals surface area contributed by atoms with Gasteiger partial charge >= 0.3 is 0 Å². The quantitative estimate of drug-likeness (QED) is 0.565. The van der Waals surface area contributed by atoms with Crippen molar-refractivity contribution in [2.45, 2.75) is 31.2 Å². The van der Waals surface area contributed by atoms with Crippen LogP contribution in [0.15, 0.2) is 77.7 Å². The molecule has 0 heterocycles. The Morgan fingerprint density at radius 2 is 1.56 bits per heavy atom. The van der Waals surface area contributed by atoms with Crippen LogP contribution < -0.4 is 4.72 Å². The number of carbonyl (C=O) groups excluding carboxylic acids is 2. The minimum atomic E-state index is -3.68. The van der Waals surface area contributed by atoms with Crippen LogP contribution in [0, 0.1) is 13.8 Å². The standard InChI is InChI=1S/C25H25N2O4S/c1-18-13-19(2)15-21(14-18)25(29)27(3)23(17-28)16-20-9-11-22(12-10-20)26-32(30,31)24-7-5-4-6-8-24/h4-15,23,26H,16H2,1-3H3/t23-/m0/s1. The van der Waals surface area contributed by atoms with Crippen LogP contribution in [0.5, 0.6) is 0 Å². The zero-order chi connectivity index (χ0) is 23.3. The molecule has 1 atom stereocenters. The van der Waals surface area contributed by atoms with E-state index in [1.54, 1.807) is 61.6 Å².